The van der Waals surface area contributed by atoms with Gasteiger partial charge in [0, 0.05) is 6.54 Å². The van der Waals surface area contributed by atoms with Crippen LogP contribution in [0.5, 0.6) is 0 Å². The highest BCUT2D eigenvalue weighted by Gasteiger charge is 1.94. The Morgan fingerprint density at radius 1 is 1.42 bits per heavy atom. The first-order valence-electron chi connectivity index (χ1n) is 3.87. The van der Waals surface area contributed by atoms with Crippen LogP contribution in [-0.4, -0.2) is 6.54 Å². The van der Waals surface area contributed by atoms with Crippen LogP contribution in [0.2, 0.25) is 0 Å². The lowest BCUT2D eigenvalue weighted by molar-refractivity contribution is 0.627. The number of halogens is 1. The highest BCUT2D eigenvalue weighted by atomic mass is 19.1. The average molecular weight is 165 g/mol. The van der Waals surface area contributed by atoms with Crippen molar-refractivity contribution in [2.75, 3.05) is 6.54 Å². The van der Waals surface area contributed by atoms with Gasteiger partial charge in [-0.1, -0.05) is 18.2 Å². The maximum Gasteiger partial charge on any atom is 0.123 e. The highest BCUT2D eigenvalue weighted by Crippen LogP contribution is 2.12. The topological polar surface area (TPSA) is 26.0 Å². The lowest BCUT2D eigenvalue weighted by Gasteiger charge is -1.99. The Balaban J connectivity index is 2.89. The number of nitrogens with two attached hydrogens (primary N) is 1. The van der Waals surface area contributed by atoms with Gasteiger partial charge in [-0.15, -0.1) is 0 Å². The number of allylic oxidation sites excluding steroid dienone is 1. The number of hydrogen-bond acceptors (Lipinski definition) is 1. The van der Waals surface area contributed by atoms with Gasteiger partial charge in [-0.25, -0.2) is 4.39 Å². The largest absolute Gasteiger partial charge is 0.327 e. The molecule has 2 heteroatoms. The Bertz CT molecular complexity index is 274. The van der Waals surface area contributed by atoms with Crippen molar-refractivity contribution in [3.8, 4) is 0 Å². The van der Waals surface area contributed by atoms with Crippen molar-refractivity contribution in [2.45, 2.75) is 6.92 Å². The van der Waals surface area contributed by atoms with Gasteiger partial charge < -0.3 is 5.73 Å². The Hall–Kier alpha value is -1.15. The van der Waals surface area contributed by atoms with E-state index in [-0.39, 0.29) is 5.82 Å². The zero-order valence-electron chi connectivity index (χ0n) is 7.05. The van der Waals surface area contributed by atoms with E-state index in [1.807, 2.05) is 13.0 Å². The van der Waals surface area contributed by atoms with Crippen molar-refractivity contribution in [1.82, 2.24) is 0 Å². The van der Waals surface area contributed by atoms with Crippen molar-refractivity contribution in [1.29, 1.82) is 0 Å². The molecular weight excluding hydrogens is 153 g/mol. The molecule has 0 amide bonds. The van der Waals surface area contributed by atoms with Gasteiger partial charge in [0.15, 0.2) is 0 Å². The Kier molecular flexibility index (Phi) is 3.00. The van der Waals surface area contributed by atoms with Gasteiger partial charge in [0.25, 0.3) is 0 Å². The fraction of sp³-hybridized carbons (Fsp3) is 0.200. The third kappa shape index (κ3) is 2.17. The summed E-state index contributed by atoms with van der Waals surface area (Å²) in [7, 11) is 0. The smallest absolute Gasteiger partial charge is 0.123 e. The molecule has 0 radical (unpaired) electrons. The summed E-state index contributed by atoms with van der Waals surface area (Å²) in [6, 6.07) is 6.39. The van der Waals surface area contributed by atoms with Gasteiger partial charge in [-0.2, -0.15) is 0 Å². The molecule has 12 heavy (non-hydrogen) atoms. The number of hydrogen-bond donors (Lipinski definition) is 1. The molecular formula is C10H12FN. The third-order valence-corrected chi connectivity index (χ3v) is 1.72. The lowest BCUT2D eigenvalue weighted by atomic mass is 10.1. The van der Waals surface area contributed by atoms with E-state index in [1.54, 1.807) is 12.1 Å². The zero-order valence-corrected chi connectivity index (χ0v) is 7.05. The standard InChI is InChI=1S/C10H12FN/c1-8(6-7-12)9-2-4-10(11)5-3-9/h2-6H,7,12H2,1H3/b8-6-. The molecule has 1 rings (SSSR count). The van der Waals surface area contributed by atoms with Crippen molar-refractivity contribution >= 4 is 5.57 Å². The van der Waals surface area contributed by atoms with Crippen LogP contribution in [0.25, 0.3) is 5.57 Å². The Morgan fingerprint density at radius 2 is 2.00 bits per heavy atom. The van der Waals surface area contributed by atoms with Crippen LogP contribution >= 0.6 is 0 Å². The van der Waals surface area contributed by atoms with Gasteiger partial charge in [0.05, 0.1) is 0 Å². The maximum atomic E-state index is 12.5. The number of rotatable bonds is 2. The fourth-order valence-electron chi connectivity index (χ4n) is 1.01. The summed E-state index contributed by atoms with van der Waals surface area (Å²) in [5.41, 5.74) is 7.44. The second-order valence-electron chi connectivity index (χ2n) is 2.63. The van der Waals surface area contributed by atoms with Crippen LogP contribution < -0.4 is 5.73 Å². The molecule has 0 aliphatic rings. The summed E-state index contributed by atoms with van der Waals surface area (Å²) in [5, 5.41) is 0. The van der Waals surface area contributed by atoms with Crippen LogP contribution in [0.4, 0.5) is 4.39 Å². The SMILES string of the molecule is C/C(=C/CN)c1ccc(F)cc1. The molecule has 0 fully saturated rings. The Morgan fingerprint density at radius 3 is 2.50 bits per heavy atom. The molecule has 2 N–H and O–H groups in total. The quantitative estimate of drug-likeness (QED) is 0.714. The molecule has 0 atom stereocenters. The molecule has 64 valence electrons. The van der Waals surface area contributed by atoms with Crippen molar-refractivity contribution in [3.05, 3.63) is 41.7 Å². The summed E-state index contributed by atoms with van der Waals surface area (Å²) in [6.45, 7) is 2.48. The normalized spacial score (nSPS) is 11.8. The van der Waals surface area contributed by atoms with Gasteiger partial charge in [0.2, 0.25) is 0 Å². The molecule has 1 nitrogen and oxygen atoms in total. The van der Waals surface area contributed by atoms with E-state index in [2.05, 4.69) is 0 Å². The summed E-state index contributed by atoms with van der Waals surface area (Å²) < 4.78 is 12.5. The summed E-state index contributed by atoms with van der Waals surface area (Å²) in [5.74, 6) is -0.209. The second kappa shape index (κ2) is 4.02. The Labute approximate surface area is 71.7 Å². The summed E-state index contributed by atoms with van der Waals surface area (Å²) in [6.07, 6.45) is 1.91. The van der Waals surface area contributed by atoms with Crippen LogP contribution in [0.15, 0.2) is 30.3 Å². The van der Waals surface area contributed by atoms with Gasteiger partial charge >= 0.3 is 0 Å². The van der Waals surface area contributed by atoms with Crippen LogP contribution in [0.1, 0.15) is 12.5 Å². The molecule has 0 unspecified atom stereocenters. The molecule has 0 heterocycles. The predicted octanol–water partition coefficient (Wildman–Crippen LogP) is 2.19. The van der Waals surface area contributed by atoms with E-state index in [0.717, 1.165) is 11.1 Å². The van der Waals surface area contributed by atoms with Crippen molar-refractivity contribution in [3.63, 3.8) is 0 Å². The first-order chi connectivity index (χ1) is 5.74. The predicted molar refractivity (Wildman–Crippen MR) is 49.1 cm³/mol. The van der Waals surface area contributed by atoms with E-state index in [4.69, 9.17) is 5.73 Å². The van der Waals surface area contributed by atoms with Gasteiger partial charge in [0.1, 0.15) is 5.82 Å². The molecule has 0 aromatic heterocycles. The zero-order chi connectivity index (χ0) is 8.97. The lowest BCUT2D eigenvalue weighted by Crippen LogP contribution is -1.94. The second-order valence-corrected chi connectivity index (χ2v) is 2.63. The molecule has 1 aromatic rings. The summed E-state index contributed by atoms with van der Waals surface area (Å²) >= 11 is 0. The van der Waals surface area contributed by atoms with E-state index in [0.29, 0.717) is 6.54 Å². The van der Waals surface area contributed by atoms with Crippen molar-refractivity contribution in [2.24, 2.45) is 5.73 Å². The number of benzene rings is 1. The van der Waals surface area contributed by atoms with E-state index in [9.17, 15) is 4.39 Å². The van der Waals surface area contributed by atoms with Gasteiger partial charge in [-0.05, 0) is 30.2 Å². The van der Waals surface area contributed by atoms with Crippen molar-refractivity contribution < 1.29 is 4.39 Å². The molecule has 0 bridgehead atoms. The monoisotopic (exact) mass is 165 g/mol. The van der Waals surface area contributed by atoms with E-state index >= 15 is 0 Å². The van der Waals surface area contributed by atoms with E-state index in [1.165, 1.54) is 12.1 Å². The molecule has 0 saturated heterocycles. The summed E-state index contributed by atoms with van der Waals surface area (Å²) in [4.78, 5) is 0. The molecule has 0 spiro atoms. The third-order valence-electron chi connectivity index (χ3n) is 1.72. The average Bonchev–Trinajstić information content (AvgIpc) is 2.06. The molecule has 0 saturated carbocycles. The van der Waals surface area contributed by atoms with Crippen LogP contribution in [0.3, 0.4) is 0 Å². The highest BCUT2D eigenvalue weighted by molar-refractivity contribution is 5.63. The molecule has 0 aliphatic carbocycles. The van der Waals surface area contributed by atoms with E-state index < -0.39 is 0 Å². The minimum Gasteiger partial charge on any atom is -0.327 e. The molecule has 0 aliphatic heterocycles. The maximum absolute atomic E-state index is 12.5. The minimum atomic E-state index is -0.209. The first-order valence-corrected chi connectivity index (χ1v) is 3.87. The van der Waals surface area contributed by atoms with Gasteiger partial charge in [-0.3, -0.25) is 0 Å². The minimum absolute atomic E-state index is 0.209. The fourth-order valence-corrected chi connectivity index (χ4v) is 1.01. The molecule has 1 aromatic carbocycles. The first kappa shape index (κ1) is 8.94. The van der Waals surface area contributed by atoms with Crippen LogP contribution in [0, 0.1) is 5.82 Å². The van der Waals surface area contributed by atoms with Crippen LogP contribution in [-0.2, 0) is 0 Å².